The van der Waals surface area contributed by atoms with Gasteiger partial charge >= 0.3 is 5.97 Å². The fourth-order valence-electron chi connectivity index (χ4n) is 1.31. The molecule has 0 aromatic carbocycles. The van der Waals surface area contributed by atoms with Crippen molar-refractivity contribution in [2.45, 2.75) is 10.8 Å². The van der Waals surface area contributed by atoms with Gasteiger partial charge < -0.3 is 9.52 Å². The van der Waals surface area contributed by atoms with Gasteiger partial charge in [-0.3, -0.25) is 9.19 Å². The molecule has 0 radical (unpaired) electrons. The maximum absolute atomic E-state index is 11.9. The Morgan fingerprint density at radius 3 is 2.83 bits per heavy atom. The van der Waals surface area contributed by atoms with Crippen LogP contribution in [0.25, 0.3) is 0 Å². The number of furan rings is 1. The fraction of sp³-hybridized carbons (Fsp3) is 0.0909. The van der Waals surface area contributed by atoms with E-state index in [1.54, 1.807) is 18.5 Å². The maximum Gasteiger partial charge on any atom is 0.371 e. The Labute approximate surface area is 113 Å². The normalized spacial score (nSPS) is 12.3. The molecule has 5 nitrogen and oxygen atoms in total. The zero-order valence-electron chi connectivity index (χ0n) is 9.00. The number of hydrogen-bond donors (Lipinski definition) is 1. The van der Waals surface area contributed by atoms with Gasteiger partial charge in [0.15, 0.2) is 5.09 Å². The van der Waals surface area contributed by atoms with Crippen LogP contribution in [0, 0.1) is 0 Å². The first-order valence-electron chi connectivity index (χ1n) is 4.87. The summed E-state index contributed by atoms with van der Waals surface area (Å²) in [5.74, 6) is -1.17. The van der Waals surface area contributed by atoms with Gasteiger partial charge in [-0.25, -0.2) is 4.79 Å². The van der Waals surface area contributed by atoms with Crippen molar-refractivity contribution in [2.75, 3.05) is 0 Å². The van der Waals surface area contributed by atoms with Crippen LogP contribution in [0.2, 0.25) is 0 Å². The Bertz CT molecular complexity index is 611. The van der Waals surface area contributed by atoms with E-state index in [-0.39, 0.29) is 16.6 Å². The molecule has 0 saturated heterocycles. The molecule has 2 aromatic heterocycles. The average Bonchev–Trinajstić information content (AvgIpc) is 2.78. The summed E-state index contributed by atoms with van der Waals surface area (Å²) in [4.78, 5) is 14.6. The minimum absolute atomic E-state index is 0.146. The summed E-state index contributed by atoms with van der Waals surface area (Å²) in [6, 6.07) is 4.49. The zero-order valence-corrected chi connectivity index (χ0v) is 11.4. The van der Waals surface area contributed by atoms with E-state index in [0.29, 0.717) is 0 Å². The van der Waals surface area contributed by atoms with E-state index in [0.717, 1.165) is 10.0 Å². The van der Waals surface area contributed by atoms with Crippen molar-refractivity contribution < 1.29 is 18.5 Å². The molecule has 94 valence electrons. The highest BCUT2D eigenvalue weighted by Crippen LogP contribution is 2.17. The predicted octanol–water partition coefficient (Wildman–Crippen LogP) is 2.44. The number of carboxylic acids is 1. The number of aromatic carboxylic acids is 1. The molecule has 0 amide bonds. The number of hydrogen-bond acceptors (Lipinski definition) is 4. The summed E-state index contributed by atoms with van der Waals surface area (Å²) in [7, 11) is -1.43. The molecule has 0 spiro atoms. The summed E-state index contributed by atoms with van der Waals surface area (Å²) in [6.45, 7) is 0. The lowest BCUT2D eigenvalue weighted by molar-refractivity contribution is 0.0656. The maximum atomic E-state index is 11.9. The van der Waals surface area contributed by atoms with E-state index in [1.807, 2.05) is 0 Å². The highest BCUT2D eigenvalue weighted by Gasteiger charge is 2.14. The summed E-state index contributed by atoms with van der Waals surface area (Å²) in [5.41, 5.74) is 0.774. The van der Waals surface area contributed by atoms with Crippen molar-refractivity contribution in [1.82, 2.24) is 4.98 Å². The van der Waals surface area contributed by atoms with Crippen LogP contribution in [-0.4, -0.2) is 20.3 Å². The van der Waals surface area contributed by atoms with Crippen LogP contribution < -0.4 is 0 Å². The Hall–Kier alpha value is -1.47. The number of halogens is 1. The third kappa shape index (κ3) is 3.05. The molecule has 0 aliphatic rings. The number of carboxylic acid groups (broad SMARTS) is 1. The molecule has 18 heavy (non-hydrogen) atoms. The standard InChI is InChI=1S/C11H8BrNO4S/c12-8-3-7(4-13-5-8)6-18(16)10-2-1-9(17-10)11(14)15/h1-5H,6H2,(H,14,15). The molecule has 2 aromatic rings. The molecule has 1 atom stereocenters. The van der Waals surface area contributed by atoms with Crippen molar-refractivity contribution in [3.63, 3.8) is 0 Å². The van der Waals surface area contributed by atoms with Crippen LogP contribution in [0.15, 0.2) is 44.6 Å². The Morgan fingerprint density at radius 1 is 1.44 bits per heavy atom. The minimum Gasteiger partial charge on any atom is -0.475 e. The third-order valence-corrected chi connectivity index (χ3v) is 3.77. The first-order valence-corrected chi connectivity index (χ1v) is 6.98. The fourth-order valence-corrected chi connectivity index (χ4v) is 2.73. The number of carbonyl (C=O) groups is 1. The predicted molar refractivity (Wildman–Crippen MR) is 67.7 cm³/mol. The van der Waals surface area contributed by atoms with E-state index in [4.69, 9.17) is 9.52 Å². The van der Waals surface area contributed by atoms with Crippen molar-refractivity contribution >= 4 is 32.7 Å². The quantitative estimate of drug-likeness (QED) is 0.931. The van der Waals surface area contributed by atoms with Crippen LogP contribution in [0.5, 0.6) is 0 Å². The number of nitrogens with zero attached hydrogens (tertiary/aromatic N) is 1. The Balaban J connectivity index is 2.14. The Morgan fingerprint density at radius 2 is 2.22 bits per heavy atom. The van der Waals surface area contributed by atoms with Gasteiger partial charge in [0.25, 0.3) is 0 Å². The SMILES string of the molecule is O=C(O)c1ccc(S(=O)Cc2cncc(Br)c2)o1. The van der Waals surface area contributed by atoms with Crippen LogP contribution in [-0.2, 0) is 16.6 Å². The van der Waals surface area contributed by atoms with Gasteiger partial charge in [-0.1, -0.05) is 0 Å². The van der Waals surface area contributed by atoms with Gasteiger partial charge in [-0.2, -0.15) is 0 Å². The van der Waals surface area contributed by atoms with E-state index < -0.39 is 16.8 Å². The summed E-state index contributed by atoms with van der Waals surface area (Å²) in [6.07, 6.45) is 3.23. The van der Waals surface area contributed by atoms with Crippen LogP contribution in [0.1, 0.15) is 16.1 Å². The molecule has 0 saturated carbocycles. The topological polar surface area (TPSA) is 80.4 Å². The lowest BCUT2D eigenvalue weighted by Crippen LogP contribution is -1.96. The van der Waals surface area contributed by atoms with Crippen LogP contribution >= 0.6 is 15.9 Å². The number of rotatable bonds is 4. The molecule has 1 N–H and O–H groups in total. The first-order chi connectivity index (χ1) is 8.56. The highest BCUT2D eigenvalue weighted by molar-refractivity contribution is 9.10. The van der Waals surface area contributed by atoms with Gasteiger partial charge in [0.05, 0.1) is 16.6 Å². The monoisotopic (exact) mass is 329 g/mol. The molecule has 7 heteroatoms. The van der Waals surface area contributed by atoms with E-state index in [2.05, 4.69) is 20.9 Å². The molecule has 2 rings (SSSR count). The molecule has 1 unspecified atom stereocenters. The van der Waals surface area contributed by atoms with E-state index >= 15 is 0 Å². The third-order valence-electron chi connectivity index (χ3n) is 2.08. The first kappa shape index (κ1) is 13.0. The van der Waals surface area contributed by atoms with Gasteiger partial charge in [0.2, 0.25) is 5.76 Å². The van der Waals surface area contributed by atoms with Gasteiger partial charge in [0.1, 0.15) is 0 Å². The molecule has 0 bridgehead atoms. The molecule has 0 aliphatic carbocycles. The lowest BCUT2D eigenvalue weighted by atomic mass is 10.3. The van der Waals surface area contributed by atoms with E-state index in [9.17, 15) is 9.00 Å². The van der Waals surface area contributed by atoms with Gasteiger partial charge in [0, 0.05) is 16.9 Å². The largest absolute Gasteiger partial charge is 0.475 e. The van der Waals surface area contributed by atoms with Crippen LogP contribution in [0.3, 0.4) is 0 Å². The number of pyridine rings is 1. The second-order valence-electron chi connectivity index (χ2n) is 3.43. The van der Waals surface area contributed by atoms with Crippen molar-refractivity contribution in [1.29, 1.82) is 0 Å². The zero-order chi connectivity index (χ0) is 13.1. The van der Waals surface area contributed by atoms with Gasteiger partial charge in [-0.15, -0.1) is 0 Å². The van der Waals surface area contributed by atoms with Crippen LogP contribution in [0.4, 0.5) is 0 Å². The summed E-state index contributed by atoms with van der Waals surface area (Å²) >= 11 is 3.27. The molecule has 0 fully saturated rings. The van der Waals surface area contributed by atoms with Gasteiger partial charge in [-0.05, 0) is 39.7 Å². The molecular formula is C11H8BrNO4S. The summed E-state index contributed by atoms with van der Waals surface area (Å²) in [5, 5.41) is 8.84. The smallest absolute Gasteiger partial charge is 0.371 e. The highest BCUT2D eigenvalue weighted by atomic mass is 79.9. The molecule has 0 aliphatic heterocycles. The van der Waals surface area contributed by atoms with Crippen molar-refractivity contribution in [3.05, 3.63) is 46.4 Å². The lowest BCUT2D eigenvalue weighted by Gasteiger charge is -1.99. The summed E-state index contributed by atoms with van der Waals surface area (Å²) < 4.78 is 17.7. The van der Waals surface area contributed by atoms with E-state index in [1.165, 1.54) is 12.1 Å². The Kier molecular flexibility index (Phi) is 3.93. The van der Waals surface area contributed by atoms with Crippen molar-refractivity contribution in [3.8, 4) is 0 Å². The number of aromatic nitrogens is 1. The minimum atomic E-state index is -1.43. The second kappa shape index (κ2) is 5.45. The molecular weight excluding hydrogens is 322 g/mol. The molecule has 2 heterocycles. The average molecular weight is 330 g/mol. The van der Waals surface area contributed by atoms with Crippen molar-refractivity contribution in [2.24, 2.45) is 0 Å². The second-order valence-corrected chi connectivity index (χ2v) is 5.72.